The molecule has 1 heterocycles. The Hall–Kier alpha value is -0.790. The van der Waals surface area contributed by atoms with Crippen molar-refractivity contribution in [2.24, 2.45) is 0 Å². The highest BCUT2D eigenvalue weighted by molar-refractivity contribution is 7.79. The molecule has 102 valence electrons. The summed E-state index contributed by atoms with van der Waals surface area (Å²) >= 11 is 0. The van der Waals surface area contributed by atoms with Crippen molar-refractivity contribution in [3.8, 4) is 0 Å². The Morgan fingerprint density at radius 3 is 2.18 bits per heavy atom. The molecule has 0 amide bonds. The summed E-state index contributed by atoms with van der Waals surface area (Å²) in [7, 11) is -2.51. The van der Waals surface area contributed by atoms with E-state index in [0.29, 0.717) is 6.17 Å². The van der Waals surface area contributed by atoms with Crippen LogP contribution in [-0.2, 0) is 10.4 Å². The average molecular weight is 266 g/mol. The fourth-order valence-corrected chi connectivity index (χ4v) is 1.55. The molecule has 1 aliphatic heterocycles. The van der Waals surface area contributed by atoms with Crippen LogP contribution in [0.1, 0.15) is 33.6 Å². The smallest absolute Gasteiger partial charge is 0.357 e. The second-order valence-electron chi connectivity index (χ2n) is 4.05. The first-order valence-electron chi connectivity index (χ1n) is 5.53. The molecule has 0 spiro atoms. The molecule has 0 aromatic rings. The molecule has 0 aromatic carbocycles. The number of hydrogen-bond acceptors (Lipinski definition) is 4. The third-order valence-corrected chi connectivity index (χ3v) is 2.72. The summed E-state index contributed by atoms with van der Waals surface area (Å²) in [6.07, 6.45) is 5.39. The van der Waals surface area contributed by atoms with Crippen molar-refractivity contribution < 1.29 is 17.5 Å². The Morgan fingerprint density at radius 1 is 1.41 bits per heavy atom. The molecule has 1 unspecified atom stereocenters. The topological polar surface area (TPSA) is 81.1 Å². The molecule has 0 aromatic heterocycles. The lowest BCUT2D eigenvalue weighted by atomic mass is 10.3. The van der Waals surface area contributed by atoms with Crippen molar-refractivity contribution in [2.45, 2.75) is 39.8 Å². The normalized spacial score (nSPS) is 19.9. The van der Waals surface area contributed by atoms with Gasteiger partial charge in [0.15, 0.2) is 0 Å². The summed E-state index contributed by atoms with van der Waals surface area (Å²) in [4.78, 5) is 4.73. The third kappa shape index (κ3) is 7.19. The van der Waals surface area contributed by atoms with Crippen LogP contribution in [0.3, 0.4) is 0 Å². The largest absolute Gasteiger partial charge is 0.394 e. The maximum absolute atomic E-state index is 8.74. The van der Waals surface area contributed by atoms with Crippen molar-refractivity contribution in [3.05, 3.63) is 11.9 Å². The summed E-state index contributed by atoms with van der Waals surface area (Å²) in [6.45, 7) is 7.85. The maximum atomic E-state index is 8.74. The molecule has 0 aliphatic carbocycles. The molecule has 1 atom stereocenters. The molecule has 1 rings (SSSR count). The third-order valence-electron chi connectivity index (χ3n) is 2.72. The van der Waals surface area contributed by atoms with Crippen LogP contribution in [0.4, 0.5) is 0 Å². The van der Waals surface area contributed by atoms with Crippen LogP contribution in [0.5, 0.6) is 0 Å². The van der Waals surface area contributed by atoms with Gasteiger partial charge in [-0.1, -0.05) is 13.3 Å². The van der Waals surface area contributed by atoms with Gasteiger partial charge in [-0.3, -0.25) is 9.11 Å². The van der Waals surface area contributed by atoms with Crippen molar-refractivity contribution >= 4 is 10.4 Å². The van der Waals surface area contributed by atoms with Crippen LogP contribution in [-0.4, -0.2) is 47.1 Å². The SMILES string of the molecule is CCCCN1C=C(C)N(C)C1C.O=S(=O)(O)O. The average Bonchev–Trinajstić information content (AvgIpc) is 2.40. The summed E-state index contributed by atoms with van der Waals surface area (Å²) < 4.78 is 31.6. The molecule has 1 aliphatic rings. The summed E-state index contributed by atoms with van der Waals surface area (Å²) in [5.41, 5.74) is 1.37. The Kier molecular flexibility index (Phi) is 6.51. The number of nitrogens with zero attached hydrogens (tertiary/aromatic N) is 2. The molecular formula is C10H22N2O4S. The van der Waals surface area contributed by atoms with E-state index >= 15 is 0 Å². The first-order valence-corrected chi connectivity index (χ1v) is 6.93. The molecule has 0 saturated heterocycles. The number of allylic oxidation sites excluding steroid dienone is 1. The van der Waals surface area contributed by atoms with Crippen molar-refractivity contribution in [2.75, 3.05) is 13.6 Å². The van der Waals surface area contributed by atoms with Crippen molar-refractivity contribution in [3.63, 3.8) is 0 Å². The van der Waals surface area contributed by atoms with Gasteiger partial charge in [-0.25, -0.2) is 0 Å². The Bertz CT molecular complexity index is 345. The lowest BCUT2D eigenvalue weighted by Gasteiger charge is -2.27. The quantitative estimate of drug-likeness (QED) is 0.755. The molecule has 0 fully saturated rings. The second kappa shape index (κ2) is 6.83. The minimum atomic E-state index is -4.67. The van der Waals surface area contributed by atoms with Crippen LogP contribution in [0, 0.1) is 0 Å². The van der Waals surface area contributed by atoms with Gasteiger partial charge in [0, 0.05) is 25.5 Å². The predicted octanol–water partition coefficient (Wildman–Crippen LogP) is 1.59. The molecule has 2 N–H and O–H groups in total. The van der Waals surface area contributed by atoms with Crippen molar-refractivity contribution in [1.29, 1.82) is 0 Å². The Balaban J connectivity index is 0.000000437. The van der Waals surface area contributed by atoms with Crippen molar-refractivity contribution in [1.82, 2.24) is 9.80 Å². The predicted molar refractivity (Wildman–Crippen MR) is 66.8 cm³/mol. The van der Waals surface area contributed by atoms with Gasteiger partial charge in [-0.05, 0) is 20.3 Å². The number of unbranched alkanes of at least 4 members (excludes halogenated alkanes) is 1. The van der Waals surface area contributed by atoms with E-state index in [2.05, 4.69) is 43.8 Å². The molecule has 6 nitrogen and oxygen atoms in total. The summed E-state index contributed by atoms with van der Waals surface area (Å²) in [6, 6.07) is 0. The lowest BCUT2D eigenvalue weighted by Crippen LogP contribution is -2.34. The van der Waals surface area contributed by atoms with E-state index in [4.69, 9.17) is 17.5 Å². The second-order valence-corrected chi connectivity index (χ2v) is 4.95. The standard InChI is InChI=1S/C10H20N2.H2O4S/c1-5-6-7-12-8-9(2)11(4)10(12)3;1-5(2,3)4/h8,10H,5-7H2,1-4H3;(H2,1,2,3,4). The van der Waals surface area contributed by atoms with E-state index in [1.165, 1.54) is 25.1 Å². The van der Waals surface area contributed by atoms with Gasteiger partial charge in [0.1, 0.15) is 0 Å². The Morgan fingerprint density at radius 2 is 1.88 bits per heavy atom. The van der Waals surface area contributed by atoms with Crippen LogP contribution < -0.4 is 0 Å². The van der Waals surface area contributed by atoms with E-state index in [1.54, 1.807) is 0 Å². The fraction of sp³-hybridized carbons (Fsp3) is 0.800. The molecule has 0 bridgehead atoms. The highest BCUT2D eigenvalue weighted by Crippen LogP contribution is 2.19. The minimum Gasteiger partial charge on any atom is -0.357 e. The van der Waals surface area contributed by atoms with Crippen LogP contribution in [0.25, 0.3) is 0 Å². The first kappa shape index (κ1) is 16.2. The van der Waals surface area contributed by atoms with E-state index in [9.17, 15) is 0 Å². The zero-order valence-electron chi connectivity index (χ0n) is 10.8. The first-order chi connectivity index (χ1) is 7.66. The van der Waals surface area contributed by atoms with Gasteiger partial charge in [0.2, 0.25) is 0 Å². The van der Waals surface area contributed by atoms with Gasteiger partial charge in [0.05, 0.1) is 6.17 Å². The highest BCUT2D eigenvalue weighted by atomic mass is 32.3. The monoisotopic (exact) mass is 266 g/mol. The van der Waals surface area contributed by atoms with Crippen LogP contribution >= 0.6 is 0 Å². The van der Waals surface area contributed by atoms with E-state index in [0.717, 1.165) is 0 Å². The minimum absolute atomic E-state index is 0.552. The maximum Gasteiger partial charge on any atom is 0.394 e. The molecule has 7 heteroatoms. The van der Waals surface area contributed by atoms with E-state index in [-0.39, 0.29) is 0 Å². The summed E-state index contributed by atoms with van der Waals surface area (Å²) in [5, 5.41) is 0. The zero-order chi connectivity index (χ0) is 13.6. The van der Waals surface area contributed by atoms with Gasteiger partial charge in [-0.2, -0.15) is 8.42 Å². The van der Waals surface area contributed by atoms with Crippen LogP contribution in [0.2, 0.25) is 0 Å². The van der Waals surface area contributed by atoms with Gasteiger partial charge in [-0.15, -0.1) is 0 Å². The molecule has 17 heavy (non-hydrogen) atoms. The summed E-state index contributed by atoms with van der Waals surface area (Å²) in [5.74, 6) is 0. The number of hydrogen-bond donors (Lipinski definition) is 2. The van der Waals surface area contributed by atoms with E-state index < -0.39 is 10.4 Å². The Labute approximate surface area is 103 Å². The lowest BCUT2D eigenvalue weighted by molar-refractivity contribution is 0.186. The van der Waals surface area contributed by atoms with Crippen LogP contribution in [0.15, 0.2) is 11.9 Å². The number of rotatable bonds is 3. The molecular weight excluding hydrogens is 244 g/mol. The van der Waals surface area contributed by atoms with E-state index in [1.807, 2.05) is 0 Å². The van der Waals surface area contributed by atoms with Gasteiger partial charge < -0.3 is 9.80 Å². The molecule has 0 saturated carbocycles. The van der Waals surface area contributed by atoms with Gasteiger partial charge >= 0.3 is 10.4 Å². The highest BCUT2D eigenvalue weighted by Gasteiger charge is 2.21. The fourth-order valence-electron chi connectivity index (χ4n) is 1.55. The zero-order valence-corrected chi connectivity index (χ0v) is 11.6. The van der Waals surface area contributed by atoms with Gasteiger partial charge in [0.25, 0.3) is 0 Å². The molecule has 0 radical (unpaired) electrons.